The van der Waals surface area contributed by atoms with E-state index in [0.717, 1.165) is 37.0 Å². The Kier molecular flexibility index (Phi) is 4.71. The molecule has 1 aromatic heterocycles. The number of anilines is 1. The lowest BCUT2D eigenvalue weighted by atomic mass is 10.1. The average molecular weight is 254 g/mol. The predicted octanol–water partition coefficient (Wildman–Crippen LogP) is 2.52. The van der Waals surface area contributed by atoms with Gasteiger partial charge in [-0.3, -0.25) is 0 Å². The Morgan fingerprint density at radius 3 is 2.84 bits per heavy atom. The maximum atomic E-state index is 9.17. The van der Waals surface area contributed by atoms with E-state index in [1.54, 1.807) is 0 Å². The highest BCUT2D eigenvalue weighted by Gasteiger charge is 2.05. The van der Waals surface area contributed by atoms with Crippen LogP contribution in [0.15, 0.2) is 30.3 Å². The molecular formula is C15H18N4. The van der Waals surface area contributed by atoms with Gasteiger partial charge in [0.05, 0.1) is 11.1 Å². The number of nitrogens with one attached hydrogen (secondary N) is 2. The van der Waals surface area contributed by atoms with Gasteiger partial charge in [-0.2, -0.15) is 5.26 Å². The highest BCUT2D eigenvalue weighted by atomic mass is 15.0. The van der Waals surface area contributed by atoms with Gasteiger partial charge >= 0.3 is 0 Å². The quantitative estimate of drug-likeness (QED) is 0.778. The minimum Gasteiger partial charge on any atom is -0.368 e. The second kappa shape index (κ2) is 6.72. The van der Waals surface area contributed by atoms with E-state index in [1.807, 2.05) is 30.3 Å². The number of benzene rings is 1. The third-order valence-electron chi connectivity index (χ3n) is 2.87. The molecule has 0 aliphatic rings. The molecule has 2 aromatic rings. The number of nitrogens with zero attached hydrogens (tertiary/aromatic N) is 2. The van der Waals surface area contributed by atoms with Crippen molar-refractivity contribution in [2.75, 3.05) is 25.0 Å². The van der Waals surface area contributed by atoms with Crippen molar-refractivity contribution in [3.8, 4) is 6.07 Å². The number of hydrogen-bond acceptors (Lipinski definition) is 4. The Morgan fingerprint density at radius 1 is 1.21 bits per heavy atom. The minimum atomic E-state index is 0.592. The van der Waals surface area contributed by atoms with E-state index in [-0.39, 0.29) is 0 Å². The van der Waals surface area contributed by atoms with Crippen LogP contribution >= 0.6 is 0 Å². The second-order valence-electron chi connectivity index (χ2n) is 4.37. The maximum absolute atomic E-state index is 9.17. The topological polar surface area (TPSA) is 60.7 Å². The van der Waals surface area contributed by atoms with Gasteiger partial charge < -0.3 is 10.6 Å². The summed E-state index contributed by atoms with van der Waals surface area (Å²) in [7, 11) is 0. The molecule has 4 heteroatoms. The summed E-state index contributed by atoms with van der Waals surface area (Å²) in [6, 6.07) is 11.9. The number of fused-ring (bicyclic) bond motifs is 1. The summed E-state index contributed by atoms with van der Waals surface area (Å²) in [5.74, 6) is 0.666. The predicted molar refractivity (Wildman–Crippen MR) is 78.1 cm³/mol. The first-order chi connectivity index (χ1) is 9.35. The van der Waals surface area contributed by atoms with E-state index >= 15 is 0 Å². The lowest BCUT2D eigenvalue weighted by Crippen LogP contribution is -2.23. The summed E-state index contributed by atoms with van der Waals surface area (Å²) in [4.78, 5) is 4.50. The van der Waals surface area contributed by atoms with E-state index < -0.39 is 0 Å². The first kappa shape index (κ1) is 13.3. The third-order valence-corrected chi connectivity index (χ3v) is 2.87. The molecule has 19 heavy (non-hydrogen) atoms. The van der Waals surface area contributed by atoms with Crippen LogP contribution in [0.1, 0.15) is 18.9 Å². The zero-order valence-corrected chi connectivity index (χ0v) is 11.1. The molecule has 0 saturated heterocycles. The van der Waals surface area contributed by atoms with Crippen molar-refractivity contribution in [3.05, 3.63) is 35.9 Å². The Bertz CT molecular complexity index is 586. The molecule has 0 radical (unpaired) electrons. The number of pyridine rings is 1. The first-order valence-corrected chi connectivity index (χ1v) is 6.59. The largest absolute Gasteiger partial charge is 0.368 e. The fourth-order valence-electron chi connectivity index (χ4n) is 1.91. The van der Waals surface area contributed by atoms with Crippen LogP contribution in [0.25, 0.3) is 10.9 Å². The smallest absolute Gasteiger partial charge is 0.144 e. The number of rotatable bonds is 6. The van der Waals surface area contributed by atoms with Crippen molar-refractivity contribution in [1.29, 1.82) is 5.26 Å². The summed E-state index contributed by atoms with van der Waals surface area (Å²) in [6.07, 6.45) is 1.12. The van der Waals surface area contributed by atoms with Gasteiger partial charge in [0.15, 0.2) is 0 Å². The normalized spacial score (nSPS) is 10.3. The Balaban J connectivity index is 2.10. The van der Waals surface area contributed by atoms with E-state index in [2.05, 4.69) is 28.6 Å². The van der Waals surface area contributed by atoms with Crippen molar-refractivity contribution in [3.63, 3.8) is 0 Å². The number of hydrogen-bond donors (Lipinski definition) is 2. The molecule has 0 spiro atoms. The lowest BCUT2D eigenvalue weighted by molar-refractivity contribution is 0.687. The van der Waals surface area contributed by atoms with Crippen LogP contribution in [-0.2, 0) is 0 Å². The molecule has 0 unspecified atom stereocenters. The fourth-order valence-corrected chi connectivity index (χ4v) is 1.91. The zero-order valence-electron chi connectivity index (χ0n) is 11.1. The Morgan fingerprint density at radius 2 is 2.05 bits per heavy atom. The Labute approximate surface area is 113 Å². The van der Waals surface area contributed by atoms with Gasteiger partial charge in [0.25, 0.3) is 0 Å². The molecule has 0 fully saturated rings. The zero-order chi connectivity index (χ0) is 13.5. The standard InChI is InChI=1S/C15H18N4/c1-2-7-17-8-9-18-15-13(11-16)10-12-5-3-4-6-14(12)19-15/h3-6,10,17H,2,7-9H2,1H3,(H,18,19). The van der Waals surface area contributed by atoms with E-state index in [1.165, 1.54) is 0 Å². The molecule has 98 valence electrons. The van der Waals surface area contributed by atoms with Crippen molar-refractivity contribution in [2.24, 2.45) is 0 Å². The molecule has 0 bridgehead atoms. The molecule has 0 aliphatic carbocycles. The van der Waals surface area contributed by atoms with Gasteiger partial charge in [-0.1, -0.05) is 25.1 Å². The van der Waals surface area contributed by atoms with Gasteiger partial charge in [0.1, 0.15) is 11.9 Å². The van der Waals surface area contributed by atoms with Crippen LogP contribution in [-0.4, -0.2) is 24.6 Å². The Hall–Kier alpha value is -2.12. The SMILES string of the molecule is CCCNCCNc1nc2ccccc2cc1C#N. The van der Waals surface area contributed by atoms with Gasteiger partial charge in [0, 0.05) is 18.5 Å². The molecule has 1 heterocycles. The summed E-state index contributed by atoms with van der Waals surface area (Å²) >= 11 is 0. The van der Waals surface area contributed by atoms with Crippen LogP contribution in [0.4, 0.5) is 5.82 Å². The molecule has 4 nitrogen and oxygen atoms in total. The van der Waals surface area contributed by atoms with Crippen molar-refractivity contribution < 1.29 is 0 Å². The summed E-state index contributed by atoms with van der Waals surface area (Å²) in [5.41, 5.74) is 1.50. The van der Waals surface area contributed by atoms with Gasteiger partial charge in [-0.05, 0) is 25.1 Å². The maximum Gasteiger partial charge on any atom is 0.144 e. The van der Waals surface area contributed by atoms with Crippen LogP contribution in [0, 0.1) is 11.3 Å². The molecule has 1 aromatic carbocycles. The van der Waals surface area contributed by atoms with E-state index in [9.17, 15) is 5.26 Å². The van der Waals surface area contributed by atoms with Crippen LogP contribution in [0.3, 0.4) is 0 Å². The van der Waals surface area contributed by atoms with Crippen molar-refractivity contribution in [2.45, 2.75) is 13.3 Å². The molecule has 2 N–H and O–H groups in total. The molecular weight excluding hydrogens is 236 g/mol. The molecule has 0 aliphatic heterocycles. The van der Waals surface area contributed by atoms with Crippen molar-refractivity contribution >= 4 is 16.7 Å². The molecule has 0 saturated carbocycles. The fraction of sp³-hybridized carbons (Fsp3) is 0.333. The molecule has 0 atom stereocenters. The lowest BCUT2D eigenvalue weighted by Gasteiger charge is -2.09. The van der Waals surface area contributed by atoms with Gasteiger partial charge in [-0.15, -0.1) is 0 Å². The van der Waals surface area contributed by atoms with Crippen LogP contribution in [0.5, 0.6) is 0 Å². The third kappa shape index (κ3) is 3.43. The van der Waals surface area contributed by atoms with Gasteiger partial charge in [0.2, 0.25) is 0 Å². The summed E-state index contributed by atoms with van der Waals surface area (Å²) in [5, 5.41) is 16.7. The minimum absolute atomic E-state index is 0.592. The van der Waals surface area contributed by atoms with Crippen LogP contribution in [0.2, 0.25) is 0 Å². The monoisotopic (exact) mass is 254 g/mol. The highest BCUT2D eigenvalue weighted by Crippen LogP contribution is 2.19. The number of aromatic nitrogens is 1. The van der Waals surface area contributed by atoms with E-state index in [0.29, 0.717) is 11.4 Å². The van der Waals surface area contributed by atoms with Crippen molar-refractivity contribution in [1.82, 2.24) is 10.3 Å². The molecule has 0 amide bonds. The van der Waals surface area contributed by atoms with E-state index in [4.69, 9.17) is 0 Å². The second-order valence-corrected chi connectivity index (χ2v) is 4.37. The summed E-state index contributed by atoms with van der Waals surface area (Å²) < 4.78 is 0. The number of para-hydroxylation sites is 1. The molecule has 2 rings (SSSR count). The average Bonchev–Trinajstić information content (AvgIpc) is 2.46. The van der Waals surface area contributed by atoms with Gasteiger partial charge in [-0.25, -0.2) is 4.98 Å². The highest BCUT2D eigenvalue weighted by molar-refractivity contribution is 5.82. The van der Waals surface area contributed by atoms with Crippen LogP contribution < -0.4 is 10.6 Å². The summed E-state index contributed by atoms with van der Waals surface area (Å²) in [6.45, 7) is 4.78. The first-order valence-electron chi connectivity index (χ1n) is 6.59. The number of nitriles is 1.